The van der Waals surface area contributed by atoms with Crippen LogP contribution in [-0.2, 0) is 11.3 Å². The molecular weight excluding hydrogens is 288 g/mol. The van der Waals surface area contributed by atoms with Gasteiger partial charge in [-0.25, -0.2) is 0 Å². The molecule has 0 bridgehead atoms. The molecule has 2 rings (SSSR count). The zero-order valence-electron chi connectivity index (χ0n) is 13.4. The Morgan fingerprint density at radius 1 is 1.17 bits per heavy atom. The Bertz CT molecular complexity index is 674. The molecule has 2 aromatic rings. The number of benzene rings is 1. The van der Waals surface area contributed by atoms with Gasteiger partial charge < -0.3 is 10.2 Å². The lowest BCUT2D eigenvalue weighted by Crippen LogP contribution is -2.28. The first-order chi connectivity index (χ1) is 11.1. The number of carbonyl (C=O) groups is 1. The van der Waals surface area contributed by atoms with Gasteiger partial charge in [-0.2, -0.15) is 5.26 Å². The van der Waals surface area contributed by atoms with Crippen molar-refractivity contribution in [2.75, 3.05) is 14.1 Å². The van der Waals surface area contributed by atoms with Crippen LogP contribution >= 0.6 is 0 Å². The van der Waals surface area contributed by atoms with Crippen molar-refractivity contribution in [2.45, 2.75) is 19.0 Å². The average molecular weight is 308 g/mol. The Balaban J connectivity index is 2.26. The van der Waals surface area contributed by atoms with E-state index in [1.165, 1.54) is 5.56 Å². The molecule has 0 saturated heterocycles. The number of amides is 1. The van der Waals surface area contributed by atoms with Gasteiger partial charge in [-0.15, -0.1) is 0 Å². The van der Waals surface area contributed by atoms with Crippen LogP contribution in [0.4, 0.5) is 0 Å². The van der Waals surface area contributed by atoms with Crippen LogP contribution in [0.25, 0.3) is 0 Å². The van der Waals surface area contributed by atoms with Gasteiger partial charge in [-0.1, -0.05) is 24.3 Å². The van der Waals surface area contributed by atoms with Crippen LogP contribution in [-0.4, -0.2) is 29.9 Å². The van der Waals surface area contributed by atoms with E-state index >= 15 is 0 Å². The molecule has 5 heteroatoms. The van der Waals surface area contributed by atoms with Crippen LogP contribution in [0, 0.1) is 11.3 Å². The highest BCUT2D eigenvalue weighted by Crippen LogP contribution is 2.22. The standard InChI is InChI=1S/C18H20N4O/c1-22(2)13-14-3-5-15(6-4-14)18(21-17(23)7-10-19)16-8-11-20-12-9-16/h3-6,8-9,11-12,18H,7,13H2,1-2H3,(H,21,23). The van der Waals surface area contributed by atoms with Crippen molar-refractivity contribution in [3.05, 3.63) is 65.5 Å². The molecule has 1 aromatic carbocycles. The number of aromatic nitrogens is 1. The van der Waals surface area contributed by atoms with Crippen LogP contribution in [0.1, 0.15) is 29.2 Å². The lowest BCUT2D eigenvalue weighted by Gasteiger charge is -2.20. The molecule has 5 nitrogen and oxygen atoms in total. The molecule has 1 atom stereocenters. The van der Waals surface area contributed by atoms with Crippen molar-refractivity contribution in [1.82, 2.24) is 15.2 Å². The number of nitrogens with zero attached hydrogens (tertiary/aromatic N) is 3. The molecule has 0 radical (unpaired) electrons. The topological polar surface area (TPSA) is 69.0 Å². The summed E-state index contributed by atoms with van der Waals surface area (Å²) >= 11 is 0. The predicted molar refractivity (Wildman–Crippen MR) is 88.3 cm³/mol. The lowest BCUT2D eigenvalue weighted by molar-refractivity contribution is -0.120. The third-order valence-electron chi connectivity index (χ3n) is 3.40. The van der Waals surface area contributed by atoms with Crippen LogP contribution < -0.4 is 5.32 Å². The Morgan fingerprint density at radius 2 is 1.78 bits per heavy atom. The van der Waals surface area contributed by atoms with Gasteiger partial charge >= 0.3 is 0 Å². The van der Waals surface area contributed by atoms with Gasteiger partial charge in [0.1, 0.15) is 6.42 Å². The SMILES string of the molecule is CN(C)Cc1ccc(C(NC(=O)CC#N)c2ccncc2)cc1. The van der Waals surface area contributed by atoms with E-state index in [4.69, 9.17) is 5.26 Å². The molecule has 1 heterocycles. The highest BCUT2D eigenvalue weighted by atomic mass is 16.1. The maximum absolute atomic E-state index is 11.9. The summed E-state index contributed by atoms with van der Waals surface area (Å²) in [6, 6.07) is 13.5. The van der Waals surface area contributed by atoms with Gasteiger partial charge in [0.05, 0.1) is 12.1 Å². The maximum atomic E-state index is 11.9. The maximum Gasteiger partial charge on any atom is 0.234 e. The summed E-state index contributed by atoms with van der Waals surface area (Å²) in [7, 11) is 4.05. The summed E-state index contributed by atoms with van der Waals surface area (Å²) in [6.45, 7) is 0.862. The second-order valence-electron chi connectivity index (χ2n) is 5.60. The van der Waals surface area contributed by atoms with E-state index < -0.39 is 0 Å². The highest BCUT2D eigenvalue weighted by Gasteiger charge is 2.16. The first kappa shape index (κ1) is 16.7. The fourth-order valence-electron chi connectivity index (χ4n) is 2.38. The largest absolute Gasteiger partial charge is 0.344 e. The minimum Gasteiger partial charge on any atom is -0.344 e. The van der Waals surface area contributed by atoms with Gasteiger partial charge in [-0.3, -0.25) is 9.78 Å². The lowest BCUT2D eigenvalue weighted by atomic mass is 9.98. The number of rotatable bonds is 6. The number of hydrogen-bond donors (Lipinski definition) is 1. The fourth-order valence-corrected chi connectivity index (χ4v) is 2.38. The smallest absolute Gasteiger partial charge is 0.234 e. The Kier molecular flexibility index (Phi) is 5.84. The molecule has 0 saturated carbocycles. The molecule has 0 aliphatic rings. The van der Waals surface area contributed by atoms with E-state index in [0.717, 1.165) is 17.7 Å². The summed E-state index contributed by atoms with van der Waals surface area (Å²) in [5, 5.41) is 11.6. The van der Waals surface area contributed by atoms with Crippen LogP contribution in [0.15, 0.2) is 48.8 Å². The number of pyridine rings is 1. The van der Waals surface area contributed by atoms with E-state index in [0.29, 0.717) is 0 Å². The molecule has 1 N–H and O–H groups in total. The first-order valence-corrected chi connectivity index (χ1v) is 7.40. The summed E-state index contributed by atoms with van der Waals surface area (Å²) in [6.07, 6.45) is 3.23. The monoisotopic (exact) mass is 308 g/mol. The molecule has 1 unspecified atom stereocenters. The van der Waals surface area contributed by atoms with Crippen molar-refractivity contribution in [3.8, 4) is 6.07 Å². The minimum absolute atomic E-state index is 0.152. The molecular formula is C18H20N4O. The van der Waals surface area contributed by atoms with E-state index in [1.807, 2.05) is 44.4 Å². The second-order valence-corrected chi connectivity index (χ2v) is 5.60. The molecule has 118 valence electrons. The van der Waals surface area contributed by atoms with Crippen molar-refractivity contribution >= 4 is 5.91 Å². The van der Waals surface area contributed by atoms with E-state index in [2.05, 4.69) is 27.3 Å². The van der Waals surface area contributed by atoms with Gasteiger partial charge in [-0.05, 0) is 42.9 Å². The van der Waals surface area contributed by atoms with Crippen molar-refractivity contribution < 1.29 is 4.79 Å². The third kappa shape index (κ3) is 4.90. The van der Waals surface area contributed by atoms with Crippen molar-refractivity contribution in [1.29, 1.82) is 5.26 Å². The van der Waals surface area contributed by atoms with Crippen molar-refractivity contribution in [3.63, 3.8) is 0 Å². The Morgan fingerprint density at radius 3 is 2.35 bits per heavy atom. The van der Waals surface area contributed by atoms with Crippen LogP contribution in [0.5, 0.6) is 0 Å². The van der Waals surface area contributed by atoms with Crippen molar-refractivity contribution in [2.24, 2.45) is 0 Å². The molecule has 1 aromatic heterocycles. The molecule has 0 fully saturated rings. The van der Waals surface area contributed by atoms with Crippen LogP contribution in [0.2, 0.25) is 0 Å². The van der Waals surface area contributed by atoms with E-state index in [9.17, 15) is 4.79 Å². The minimum atomic E-state index is -0.285. The summed E-state index contributed by atoms with van der Waals surface area (Å²) in [5.41, 5.74) is 3.12. The first-order valence-electron chi connectivity index (χ1n) is 7.40. The van der Waals surface area contributed by atoms with Crippen LogP contribution in [0.3, 0.4) is 0 Å². The number of carbonyl (C=O) groups excluding carboxylic acids is 1. The summed E-state index contributed by atoms with van der Waals surface area (Å²) in [4.78, 5) is 18.0. The van der Waals surface area contributed by atoms with E-state index in [1.54, 1.807) is 12.4 Å². The predicted octanol–water partition coefficient (Wildman–Crippen LogP) is 2.26. The van der Waals surface area contributed by atoms with Gasteiger partial charge in [0, 0.05) is 18.9 Å². The molecule has 0 aliphatic carbocycles. The molecule has 23 heavy (non-hydrogen) atoms. The Hall–Kier alpha value is -2.71. The Labute approximate surface area is 136 Å². The molecule has 0 spiro atoms. The van der Waals surface area contributed by atoms with Gasteiger partial charge in [0.2, 0.25) is 5.91 Å². The van der Waals surface area contributed by atoms with Gasteiger partial charge in [0.15, 0.2) is 0 Å². The zero-order chi connectivity index (χ0) is 16.7. The third-order valence-corrected chi connectivity index (χ3v) is 3.40. The normalized spacial score (nSPS) is 11.7. The number of nitrogens with one attached hydrogen (secondary N) is 1. The van der Waals surface area contributed by atoms with Gasteiger partial charge in [0.25, 0.3) is 0 Å². The van der Waals surface area contributed by atoms with E-state index in [-0.39, 0.29) is 18.4 Å². The number of nitriles is 1. The highest BCUT2D eigenvalue weighted by molar-refractivity contribution is 5.79. The summed E-state index contributed by atoms with van der Waals surface area (Å²) in [5.74, 6) is -0.285. The number of hydrogen-bond acceptors (Lipinski definition) is 4. The molecule has 0 aliphatic heterocycles. The zero-order valence-corrected chi connectivity index (χ0v) is 13.4. The second kappa shape index (κ2) is 8.06. The molecule has 1 amide bonds. The quantitative estimate of drug-likeness (QED) is 0.889. The summed E-state index contributed by atoms with van der Waals surface area (Å²) < 4.78 is 0. The average Bonchev–Trinajstić information content (AvgIpc) is 2.54. The fraction of sp³-hybridized carbons (Fsp3) is 0.278.